The second-order valence-electron chi connectivity index (χ2n) is 5.46. The number of hydrogen-bond acceptors (Lipinski definition) is 5. The third kappa shape index (κ3) is 4.64. The number of thiol groups is 1. The fourth-order valence-electron chi connectivity index (χ4n) is 2.33. The van der Waals surface area contributed by atoms with E-state index in [1.165, 1.54) is 7.11 Å². The molecule has 21 heavy (non-hydrogen) atoms. The Hall–Kier alpha value is -1.20. The van der Waals surface area contributed by atoms with E-state index in [0.717, 1.165) is 43.1 Å². The van der Waals surface area contributed by atoms with Gasteiger partial charge in [-0.3, -0.25) is 4.79 Å². The normalized spacial score (nSPS) is 17.2. The highest BCUT2D eigenvalue weighted by Gasteiger charge is 2.32. The first-order valence-corrected chi connectivity index (χ1v) is 7.78. The Bertz CT molecular complexity index is 452. The first kappa shape index (κ1) is 16.2. The molecule has 0 bridgehead atoms. The molecule has 1 aromatic carbocycles. The summed E-state index contributed by atoms with van der Waals surface area (Å²) in [6, 6.07) is 7.57. The van der Waals surface area contributed by atoms with Gasteiger partial charge < -0.3 is 14.2 Å². The summed E-state index contributed by atoms with van der Waals surface area (Å²) in [5.41, 5.74) is 1.02. The van der Waals surface area contributed by atoms with Gasteiger partial charge in [0.1, 0.15) is 5.75 Å². The molecule has 4 nitrogen and oxygen atoms in total. The number of hydrogen-bond donors (Lipinski definition) is 1. The fourth-order valence-corrected chi connectivity index (χ4v) is 2.74. The summed E-state index contributed by atoms with van der Waals surface area (Å²) in [5.74, 6) is 1.38. The van der Waals surface area contributed by atoms with Crippen LogP contribution in [-0.4, -0.2) is 38.7 Å². The van der Waals surface area contributed by atoms with Gasteiger partial charge in [-0.25, -0.2) is 0 Å². The fraction of sp³-hybridized carbons (Fsp3) is 0.562. The van der Waals surface area contributed by atoms with E-state index in [-0.39, 0.29) is 17.8 Å². The molecule has 0 N–H and O–H groups in total. The monoisotopic (exact) mass is 310 g/mol. The molecule has 1 heterocycles. The molecule has 1 fully saturated rings. The Balaban J connectivity index is 1.89. The van der Waals surface area contributed by atoms with E-state index in [0.29, 0.717) is 6.61 Å². The van der Waals surface area contributed by atoms with Gasteiger partial charge in [-0.05, 0) is 36.3 Å². The van der Waals surface area contributed by atoms with Crippen molar-refractivity contribution in [1.82, 2.24) is 0 Å². The van der Waals surface area contributed by atoms with Crippen molar-refractivity contribution in [2.45, 2.75) is 19.3 Å². The molecular formula is C16H22O4S. The van der Waals surface area contributed by atoms with Crippen LogP contribution in [0.2, 0.25) is 0 Å². The minimum atomic E-state index is -0.236. The zero-order valence-electron chi connectivity index (χ0n) is 12.3. The molecule has 1 aliphatic heterocycles. The molecule has 0 aliphatic carbocycles. The number of carbonyl (C=O) groups excluding carboxylic acids is 1. The lowest BCUT2D eigenvalue weighted by Crippen LogP contribution is -2.36. The van der Waals surface area contributed by atoms with Gasteiger partial charge in [-0.2, -0.15) is 12.6 Å². The van der Waals surface area contributed by atoms with E-state index >= 15 is 0 Å². The third-order valence-electron chi connectivity index (χ3n) is 3.93. The number of rotatable bonds is 6. The zero-order valence-corrected chi connectivity index (χ0v) is 13.2. The third-order valence-corrected chi connectivity index (χ3v) is 4.60. The van der Waals surface area contributed by atoms with Gasteiger partial charge in [0.05, 0.1) is 20.1 Å². The van der Waals surface area contributed by atoms with E-state index in [1.807, 2.05) is 24.3 Å². The van der Waals surface area contributed by atoms with Gasteiger partial charge in [-0.15, -0.1) is 0 Å². The van der Waals surface area contributed by atoms with Crippen molar-refractivity contribution in [2.24, 2.45) is 5.41 Å². The van der Waals surface area contributed by atoms with Gasteiger partial charge in [-0.1, -0.05) is 12.1 Å². The van der Waals surface area contributed by atoms with Gasteiger partial charge >= 0.3 is 5.97 Å². The molecule has 1 saturated heterocycles. The van der Waals surface area contributed by atoms with Crippen LogP contribution in [0, 0.1) is 5.41 Å². The standard InChI is InChI=1S/C16H22O4S/c1-18-15(17)10-13-2-4-14(5-3-13)20-11-16(12-21)6-8-19-9-7-16/h2-5,21H,6-12H2,1H3. The number of ether oxygens (including phenoxy) is 3. The minimum absolute atomic E-state index is 0.103. The Labute approximate surface area is 131 Å². The summed E-state index contributed by atoms with van der Waals surface area (Å²) >= 11 is 4.47. The molecule has 1 aliphatic rings. The lowest BCUT2D eigenvalue weighted by molar-refractivity contribution is -0.139. The minimum Gasteiger partial charge on any atom is -0.493 e. The summed E-state index contributed by atoms with van der Waals surface area (Å²) in [6.45, 7) is 2.21. The van der Waals surface area contributed by atoms with Gasteiger partial charge in [0.25, 0.3) is 0 Å². The number of benzene rings is 1. The highest BCUT2D eigenvalue weighted by Crippen LogP contribution is 2.32. The summed E-state index contributed by atoms with van der Waals surface area (Å²) in [5, 5.41) is 0. The molecule has 2 rings (SSSR count). The lowest BCUT2D eigenvalue weighted by Gasteiger charge is -2.35. The van der Waals surface area contributed by atoms with Crippen LogP contribution >= 0.6 is 12.6 Å². The molecule has 0 saturated carbocycles. The van der Waals surface area contributed by atoms with E-state index < -0.39 is 0 Å². The van der Waals surface area contributed by atoms with Crippen LogP contribution in [0.15, 0.2) is 24.3 Å². The van der Waals surface area contributed by atoms with Gasteiger partial charge in [0, 0.05) is 18.6 Å². The molecular weight excluding hydrogens is 288 g/mol. The smallest absolute Gasteiger partial charge is 0.309 e. The summed E-state index contributed by atoms with van der Waals surface area (Å²) in [7, 11) is 1.39. The van der Waals surface area contributed by atoms with Crippen molar-refractivity contribution in [3.05, 3.63) is 29.8 Å². The second kappa shape index (κ2) is 7.71. The van der Waals surface area contributed by atoms with Crippen LogP contribution in [0.25, 0.3) is 0 Å². The Kier molecular flexibility index (Phi) is 5.94. The zero-order chi connectivity index (χ0) is 15.1. The summed E-state index contributed by atoms with van der Waals surface area (Å²) in [4.78, 5) is 11.2. The molecule has 0 atom stereocenters. The molecule has 1 aromatic rings. The maximum absolute atomic E-state index is 11.2. The first-order valence-electron chi connectivity index (χ1n) is 7.15. The van der Waals surface area contributed by atoms with Crippen LogP contribution in [-0.2, 0) is 20.7 Å². The van der Waals surface area contributed by atoms with E-state index in [9.17, 15) is 4.79 Å². The first-order chi connectivity index (χ1) is 10.2. The van der Waals surface area contributed by atoms with Crippen LogP contribution in [0.4, 0.5) is 0 Å². The summed E-state index contributed by atoms with van der Waals surface area (Å²) in [6.07, 6.45) is 2.25. The topological polar surface area (TPSA) is 44.8 Å². The molecule has 0 radical (unpaired) electrons. The molecule has 0 spiro atoms. The van der Waals surface area contributed by atoms with Crippen molar-refractivity contribution in [1.29, 1.82) is 0 Å². The molecule has 0 unspecified atom stereocenters. The molecule has 5 heteroatoms. The lowest BCUT2D eigenvalue weighted by atomic mass is 9.83. The van der Waals surface area contributed by atoms with Gasteiger partial charge in [0.15, 0.2) is 0 Å². The molecule has 116 valence electrons. The largest absolute Gasteiger partial charge is 0.493 e. The van der Waals surface area contributed by atoms with Crippen LogP contribution < -0.4 is 4.74 Å². The molecule has 0 amide bonds. The van der Waals surface area contributed by atoms with Crippen LogP contribution in [0.3, 0.4) is 0 Å². The predicted octanol–water partition coefficient (Wildman–Crippen LogP) is 2.51. The van der Waals surface area contributed by atoms with Crippen molar-refractivity contribution in [2.75, 3.05) is 32.7 Å². The van der Waals surface area contributed by atoms with Crippen molar-refractivity contribution >= 4 is 18.6 Å². The highest BCUT2D eigenvalue weighted by atomic mass is 32.1. The Morgan fingerprint density at radius 1 is 1.29 bits per heavy atom. The second-order valence-corrected chi connectivity index (χ2v) is 5.77. The van der Waals surface area contributed by atoms with Crippen molar-refractivity contribution in [3.8, 4) is 5.75 Å². The predicted molar refractivity (Wildman–Crippen MR) is 84.0 cm³/mol. The highest BCUT2D eigenvalue weighted by molar-refractivity contribution is 7.80. The Morgan fingerprint density at radius 2 is 1.95 bits per heavy atom. The number of esters is 1. The van der Waals surface area contributed by atoms with E-state index in [1.54, 1.807) is 0 Å². The average Bonchev–Trinajstić information content (AvgIpc) is 2.55. The number of carbonyl (C=O) groups is 1. The molecule has 0 aromatic heterocycles. The maximum Gasteiger partial charge on any atom is 0.309 e. The Morgan fingerprint density at radius 3 is 2.52 bits per heavy atom. The number of methoxy groups -OCH3 is 1. The quantitative estimate of drug-likeness (QED) is 0.648. The SMILES string of the molecule is COC(=O)Cc1ccc(OCC2(CS)CCOCC2)cc1. The maximum atomic E-state index is 11.2. The van der Waals surface area contributed by atoms with Gasteiger partial charge in [0.2, 0.25) is 0 Å². The summed E-state index contributed by atoms with van der Waals surface area (Å²) < 4.78 is 16.0. The van der Waals surface area contributed by atoms with Crippen molar-refractivity contribution < 1.29 is 19.0 Å². The van der Waals surface area contributed by atoms with E-state index in [2.05, 4.69) is 17.4 Å². The van der Waals surface area contributed by atoms with Crippen LogP contribution in [0.5, 0.6) is 5.75 Å². The average molecular weight is 310 g/mol. The van der Waals surface area contributed by atoms with E-state index in [4.69, 9.17) is 9.47 Å². The van der Waals surface area contributed by atoms with Crippen molar-refractivity contribution in [3.63, 3.8) is 0 Å². The van der Waals surface area contributed by atoms with Crippen LogP contribution in [0.1, 0.15) is 18.4 Å².